The Kier molecular flexibility index (Phi) is 3.55. The summed E-state index contributed by atoms with van der Waals surface area (Å²) in [6.07, 6.45) is -3.17. The van der Waals surface area contributed by atoms with E-state index in [2.05, 4.69) is 0 Å². The largest absolute Gasteiger partial charge is 0.362 e. The lowest BCUT2D eigenvalue weighted by atomic mass is 10.1. The predicted molar refractivity (Wildman–Crippen MR) is 46.8 cm³/mol. The molecule has 0 saturated heterocycles. The summed E-state index contributed by atoms with van der Waals surface area (Å²) in [6, 6.07) is 7.44. The number of hydrogen-bond acceptors (Lipinski definition) is 2. The first-order valence-corrected chi connectivity index (χ1v) is 3.99. The van der Waals surface area contributed by atoms with E-state index in [0.29, 0.717) is 5.56 Å². The van der Waals surface area contributed by atoms with Crippen LogP contribution < -0.4 is 0 Å². The van der Waals surface area contributed by atoms with Crippen LogP contribution in [0.1, 0.15) is 23.7 Å². The maximum atomic E-state index is 12.2. The van der Waals surface area contributed by atoms with E-state index in [1.165, 1.54) is 31.4 Å². The van der Waals surface area contributed by atoms with E-state index in [4.69, 9.17) is 10.00 Å². The normalized spacial score (nSPS) is 12.5. The van der Waals surface area contributed by atoms with E-state index in [1.54, 1.807) is 0 Å². The number of nitriles is 1. The molecule has 0 heterocycles. The van der Waals surface area contributed by atoms with Gasteiger partial charge in [-0.25, -0.2) is 8.78 Å². The maximum absolute atomic E-state index is 12.2. The Bertz CT molecular complexity index is 329. The molecule has 0 aliphatic carbocycles. The molecule has 2 nitrogen and oxygen atoms in total. The molecular formula is C10H9F2NO. The van der Waals surface area contributed by atoms with Gasteiger partial charge in [-0.3, -0.25) is 0 Å². The first-order valence-electron chi connectivity index (χ1n) is 3.99. The number of rotatable bonds is 3. The molecule has 0 aromatic heterocycles. The second-order valence-corrected chi connectivity index (χ2v) is 2.71. The van der Waals surface area contributed by atoms with E-state index < -0.39 is 12.5 Å². The van der Waals surface area contributed by atoms with Crippen LogP contribution in [0.25, 0.3) is 0 Å². The SMILES string of the molecule is COC(C#N)c1ccc(C(F)F)cc1. The number of benzene rings is 1. The molecule has 0 bridgehead atoms. The molecule has 1 rings (SSSR count). The molecule has 0 saturated carbocycles. The second kappa shape index (κ2) is 4.68. The molecule has 0 N–H and O–H groups in total. The van der Waals surface area contributed by atoms with E-state index in [0.717, 1.165) is 0 Å². The third kappa shape index (κ3) is 2.27. The highest BCUT2D eigenvalue weighted by Gasteiger charge is 2.10. The number of hydrogen-bond donors (Lipinski definition) is 0. The predicted octanol–water partition coefficient (Wildman–Crippen LogP) is 2.84. The van der Waals surface area contributed by atoms with Gasteiger partial charge in [-0.05, 0) is 5.56 Å². The summed E-state index contributed by atoms with van der Waals surface area (Å²) in [5.74, 6) is 0. The Morgan fingerprint density at radius 1 is 1.21 bits per heavy atom. The van der Waals surface area contributed by atoms with Gasteiger partial charge in [0.1, 0.15) is 0 Å². The Labute approximate surface area is 80.7 Å². The lowest BCUT2D eigenvalue weighted by Gasteiger charge is -2.07. The summed E-state index contributed by atoms with van der Waals surface area (Å²) in [7, 11) is 1.40. The Balaban J connectivity index is 2.88. The summed E-state index contributed by atoms with van der Waals surface area (Å²) in [4.78, 5) is 0. The first-order chi connectivity index (χ1) is 6.69. The van der Waals surface area contributed by atoms with Crippen molar-refractivity contribution in [3.05, 3.63) is 35.4 Å². The summed E-state index contributed by atoms with van der Waals surface area (Å²) < 4.78 is 29.2. The van der Waals surface area contributed by atoms with Crippen LogP contribution >= 0.6 is 0 Å². The van der Waals surface area contributed by atoms with Gasteiger partial charge in [-0.2, -0.15) is 5.26 Å². The lowest BCUT2D eigenvalue weighted by Crippen LogP contribution is -1.98. The maximum Gasteiger partial charge on any atom is 0.263 e. The molecule has 1 aromatic rings. The molecule has 0 amide bonds. The van der Waals surface area contributed by atoms with Crippen LogP contribution in [0.4, 0.5) is 8.78 Å². The highest BCUT2D eigenvalue weighted by Crippen LogP contribution is 2.22. The van der Waals surface area contributed by atoms with Crippen LogP contribution in [0.2, 0.25) is 0 Å². The lowest BCUT2D eigenvalue weighted by molar-refractivity contribution is 0.146. The average molecular weight is 197 g/mol. The third-order valence-electron chi connectivity index (χ3n) is 1.84. The van der Waals surface area contributed by atoms with Crippen molar-refractivity contribution in [3.8, 4) is 6.07 Å². The molecule has 4 heteroatoms. The van der Waals surface area contributed by atoms with Gasteiger partial charge in [0.2, 0.25) is 0 Å². The highest BCUT2D eigenvalue weighted by molar-refractivity contribution is 5.27. The van der Waals surface area contributed by atoms with Crippen molar-refractivity contribution < 1.29 is 13.5 Å². The summed E-state index contributed by atoms with van der Waals surface area (Å²) in [5, 5.41) is 8.63. The van der Waals surface area contributed by atoms with Crippen molar-refractivity contribution in [2.45, 2.75) is 12.5 Å². The van der Waals surface area contributed by atoms with Crippen molar-refractivity contribution in [2.24, 2.45) is 0 Å². The number of nitrogens with zero attached hydrogens (tertiary/aromatic N) is 1. The third-order valence-corrected chi connectivity index (χ3v) is 1.84. The average Bonchev–Trinajstić information content (AvgIpc) is 2.20. The fourth-order valence-corrected chi connectivity index (χ4v) is 1.08. The zero-order valence-corrected chi connectivity index (χ0v) is 7.58. The molecule has 1 aromatic carbocycles. The zero-order chi connectivity index (χ0) is 10.6. The summed E-state index contributed by atoms with van der Waals surface area (Å²) >= 11 is 0. The number of methoxy groups -OCH3 is 1. The highest BCUT2D eigenvalue weighted by atomic mass is 19.3. The molecule has 74 valence electrons. The molecule has 0 aliphatic heterocycles. The van der Waals surface area contributed by atoms with Crippen molar-refractivity contribution >= 4 is 0 Å². The number of alkyl halides is 2. The van der Waals surface area contributed by atoms with Crippen molar-refractivity contribution in [3.63, 3.8) is 0 Å². The molecule has 14 heavy (non-hydrogen) atoms. The topological polar surface area (TPSA) is 33.0 Å². The van der Waals surface area contributed by atoms with Crippen LogP contribution in [-0.2, 0) is 4.74 Å². The molecule has 0 aliphatic rings. The summed E-state index contributed by atoms with van der Waals surface area (Å²) in [6.45, 7) is 0. The van der Waals surface area contributed by atoms with Crippen LogP contribution in [0.15, 0.2) is 24.3 Å². The van der Waals surface area contributed by atoms with Crippen LogP contribution in [0.5, 0.6) is 0 Å². The molecule has 0 fully saturated rings. The molecule has 1 atom stereocenters. The number of ether oxygens (including phenoxy) is 1. The Morgan fingerprint density at radius 2 is 1.71 bits per heavy atom. The monoisotopic (exact) mass is 197 g/mol. The second-order valence-electron chi connectivity index (χ2n) is 2.71. The van der Waals surface area contributed by atoms with Gasteiger partial charge in [-0.1, -0.05) is 24.3 Å². The molecular weight excluding hydrogens is 188 g/mol. The van der Waals surface area contributed by atoms with Crippen LogP contribution in [-0.4, -0.2) is 7.11 Å². The molecule has 0 radical (unpaired) electrons. The van der Waals surface area contributed by atoms with Crippen LogP contribution in [0.3, 0.4) is 0 Å². The fourth-order valence-electron chi connectivity index (χ4n) is 1.08. The van der Waals surface area contributed by atoms with E-state index >= 15 is 0 Å². The standard InChI is InChI=1S/C10H9F2NO/c1-14-9(6-13)7-2-4-8(5-3-7)10(11)12/h2-5,9-10H,1H3. The van der Waals surface area contributed by atoms with Gasteiger partial charge in [-0.15, -0.1) is 0 Å². The smallest absolute Gasteiger partial charge is 0.263 e. The van der Waals surface area contributed by atoms with Crippen molar-refractivity contribution in [1.82, 2.24) is 0 Å². The van der Waals surface area contributed by atoms with Gasteiger partial charge >= 0.3 is 0 Å². The van der Waals surface area contributed by atoms with Gasteiger partial charge < -0.3 is 4.74 Å². The van der Waals surface area contributed by atoms with E-state index in [9.17, 15) is 8.78 Å². The first kappa shape index (κ1) is 10.6. The van der Waals surface area contributed by atoms with Gasteiger partial charge in [0.15, 0.2) is 6.10 Å². The van der Waals surface area contributed by atoms with Crippen molar-refractivity contribution in [1.29, 1.82) is 5.26 Å². The van der Waals surface area contributed by atoms with Crippen LogP contribution in [0, 0.1) is 11.3 Å². The fraction of sp³-hybridized carbons (Fsp3) is 0.300. The van der Waals surface area contributed by atoms with Gasteiger partial charge in [0.05, 0.1) is 6.07 Å². The Hall–Kier alpha value is -1.47. The number of halogens is 2. The summed E-state index contributed by atoms with van der Waals surface area (Å²) in [5.41, 5.74) is 0.529. The Morgan fingerprint density at radius 3 is 2.07 bits per heavy atom. The van der Waals surface area contributed by atoms with Crippen molar-refractivity contribution in [2.75, 3.05) is 7.11 Å². The molecule has 1 unspecified atom stereocenters. The van der Waals surface area contributed by atoms with E-state index in [-0.39, 0.29) is 5.56 Å². The minimum atomic E-state index is -2.48. The van der Waals surface area contributed by atoms with E-state index in [1.807, 2.05) is 6.07 Å². The minimum absolute atomic E-state index is 0.0541. The minimum Gasteiger partial charge on any atom is -0.362 e. The van der Waals surface area contributed by atoms with Gasteiger partial charge in [0, 0.05) is 12.7 Å². The quantitative estimate of drug-likeness (QED) is 0.746. The van der Waals surface area contributed by atoms with Gasteiger partial charge in [0.25, 0.3) is 6.43 Å². The molecule has 0 spiro atoms. The zero-order valence-electron chi connectivity index (χ0n) is 7.58.